The van der Waals surface area contributed by atoms with Crippen molar-refractivity contribution >= 4 is 33.3 Å². The van der Waals surface area contributed by atoms with E-state index >= 15 is 0 Å². The minimum Gasteiger partial charge on any atom is -0.355 e. The number of nitrogens with one attached hydrogen (secondary N) is 1. The molecule has 0 saturated carbocycles. The van der Waals surface area contributed by atoms with Crippen LogP contribution in [0.4, 0.5) is 19.0 Å². The van der Waals surface area contributed by atoms with Crippen molar-refractivity contribution in [1.82, 2.24) is 20.2 Å². The van der Waals surface area contributed by atoms with Crippen LogP contribution < -0.4 is 10.2 Å². The lowest BCUT2D eigenvalue weighted by molar-refractivity contribution is -0.136. The highest BCUT2D eigenvalue weighted by atomic mass is 32.1. The van der Waals surface area contributed by atoms with Gasteiger partial charge in [-0.2, -0.15) is 13.2 Å². The number of piperazine rings is 1. The summed E-state index contributed by atoms with van der Waals surface area (Å²) < 4.78 is 41.2. The van der Waals surface area contributed by atoms with Gasteiger partial charge in [0, 0.05) is 51.3 Å². The molecule has 1 aliphatic heterocycles. The minimum atomic E-state index is -4.53. The summed E-state index contributed by atoms with van der Waals surface area (Å²) in [5.41, 5.74) is 1.63. The Morgan fingerprint density at radius 3 is 2.65 bits per heavy atom. The third kappa shape index (κ3) is 4.35. The highest BCUT2D eigenvalue weighted by Crippen LogP contribution is 2.40. The first kappa shape index (κ1) is 21.5. The van der Waals surface area contributed by atoms with Crippen molar-refractivity contribution in [2.75, 3.05) is 38.1 Å². The second-order valence-corrected chi connectivity index (χ2v) is 8.34. The molecule has 1 N–H and O–H groups in total. The van der Waals surface area contributed by atoms with Crippen LogP contribution in [-0.2, 0) is 12.7 Å². The quantitative estimate of drug-likeness (QED) is 0.658. The van der Waals surface area contributed by atoms with E-state index in [-0.39, 0.29) is 21.6 Å². The van der Waals surface area contributed by atoms with Gasteiger partial charge < -0.3 is 10.2 Å². The van der Waals surface area contributed by atoms with Gasteiger partial charge in [-0.3, -0.25) is 14.7 Å². The Labute approximate surface area is 181 Å². The SMILES string of the molecule is CNC(=O)c1csc2c(C(F)(F)F)cc(N3CCN(Cc4ncccc4C)CC3)nc12. The predicted octanol–water partition coefficient (Wildman–Crippen LogP) is 3.70. The van der Waals surface area contributed by atoms with E-state index in [4.69, 9.17) is 0 Å². The Morgan fingerprint density at radius 2 is 2.00 bits per heavy atom. The molecular weight excluding hydrogens is 427 g/mol. The topological polar surface area (TPSA) is 61.4 Å². The van der Waals surface area contributed by atoms with Gasteiger partial charge in [0.1, 0.15) is 5.82 Å². The molecule has 0 bridgehead atoms. The van der Waals surface area contributed by atoms with E-state index in [1.54, 1.807) is 6.20 Å². The van der Waals surface area contributed by atoms with Gasteiger partial charge in [0.15, 0.2) is 0 Å². The van der Waals surface area contributed by atoms with E-state index < -0.39 is 17.6 Å². The van der Waals surface area contributed by atoms with Gasteiger partial charge in [-0.05, 0) is 24.6 Å². The number of carbonyl (C=O) groups is 1. The fourth-order valence-electron chi connectivity index (χ4n) is 3.69. The van der Waals surface area contributed by atoms with Crippen LogP contribution in [0.3, 0.4) is 0 Å². The van der Waals surface area contributed by atoms with Gasteiger partial charge in [-0.1, -0.05) is 6.07 Å². The highest BCUT2D eigenvalue weighted by Gasteiger charge is 2.36. The summed E-state index contributed by atoms with van der Waals surface area (Å²) >= 11 is 0.892. The van der Waals surface area contributed by atoms with E-state index in [2.05, 4.69) is 20.2 Å². The molecule has 0 aromatic carbocycles. The van der Waals surface area contributed by atoms with Crippen LogP contribution in [0.5, 0.6) is 0 Å². The average molecular weight is 450 g/mol. The molecule has 3 aromatic rings. The number of pyridine rings is 2. The molecule has 1 fully saturated rings. The summed E-state index contributed by atoms with van der Waals surface area (Å²) in [5, 5.41) is 3.90. The number of aromatic nitrogens is 2. The van der Waals surface area contributed by atoms with Gasteiger partial charge in [-0.15, -0.1) is 11.3 Å². The summed E-state index contributed by atoms with van der Waals surface area (Å²) in [6.07, 6.45) is -2.76. The van der Waals surface area contributed by atoms with Crippen LogP contribution in [0, 0.1) is 6.92 Å². The van der Waals surface area contributed by atoms with Crippen LogP contribution in [0.15, 0.2) is 29.8 Å². The summed E-state index contributed by atoms with van der Waals surface area (Å²) in [4.78, 5) is 25.1. The largest absolute Gasteiger partial charge is 0.417 e. The first-order valence-electron chi connectivity index (χ1n) is 9.87. The number of hydrogen-bond donors (Lipinski definition) is 1. The Kier molecular flexibility index (Phi) is 5.85. The molecule has 6 nitrogen and oxygen atoms in total. The summed E-state index contributed by atoms with van der Waals surface area (Å²) in [5.74, 6) is -0.198. The number of nitrogens with zero attached hydrogens (tertiary/aromatic N) is 4. The first-order chi connectivity index (χ1) is 14.8. The Hall–Kier alpha value is -2.72. The number of hydrogen-bond acceptors (Lipinski definition) is 6. The number of thiophene rings is 1. The van der Waals surface area contributed by atoms with Crippen LogP contribution in [0.25, 0.3) is 10.2 Å². The van der Waals surface area contributed by atoms with Gasteiger partial charge in [-0.25, -0.2) is 4.98 Å². The van der Waals surface area contributed by atoms with Crippen LogP contribution in [-0.4, -0.2) is 54.0 Å². The molecule has 0 aliphatic carbocycles. The standard InChI is InChI=1S/C21H22F3N5OS/c1-13-4-3-5-26-16(13)11-28-6-8-29(9-7-28)17-10-15(21(22,23)24)19-18(27-17)14(12-31-19)20(30)25-2/h3-5,10,12H,6-9,11H2,1-2H3,(H,25,30). The molecule has 1 saturated heterocycles. The van der Waals surface area contributed by atoms with E-state index in [1.807, 2.05) is 24.0 Å². The fourth-order valence-corrected chi connectivity index (χ4v) is 4.72. The van der Waals surface area contributed by atoms with E-state index in [0.717, 1.165) is 28.7 Å². The van der Waals surface area contributed by atoms with Gasteiger partial charge in [0.05, 0.1) is 27.0 Å². The molecule has 4 heterocycles. The maximum atomic E-state index is 13.7. The van der Waals surface area contributed by atoms with Crippen molar-refractivity contribution in [2.45, 2.75) is 19.6 Å². The number of anilines is 1. The van der Waals surface area contributed by atoms with Crippen LogP contribution in [0.1, 0.15) is 27.2 Å². The third-order valence-electron chi connectivity index (χ3n) is 5.47. The Balaban J connectivity index is 1.59. The van der Waals surface area contributed by atoms with Gasteiger partial charge in [0.25, 0.3) is 5.91 Å². The Bertz CT molecular complexity index is 1110. The van der Waals surface area contributed by atoms with Gasteiger partial charge >= 0.3 is 6.18 Å². The van der Waals surface area contributed by atoms with Crippen molar-refractivity contribution in [1.29, 1.82) is 0 Å². The molecule has 0 atom stereocenters. The second kappa shape index (κ2) is 8.43. The van der Waals surface area contributed by atoms with Crippen molar-refractivity contribution in [2.24, 2.45) is 0 Å². The lowest BCUT2D eigenvalue weighted by Gasteiger charge is -2.35. The molecule has 0 spiro atoms. The normalized spacial score (nSPS) is 15.5. The van der Waals surface area contributed by atoms with E-state index in [0.29, 0.717) is 32.7 Å². The first-order valence-corrected chi connectivity index (χ1v) is 10.7. The molecular formula is C21H22F3N5OS. The molecule has 0 unspecified atom stereocenters. The fraction of sp³-hybridized carbons (Fsp3) is 0.381. The zero-order valence-corrected chi connectivity index (χ0v) is 18.0. The molecule has 31 heavy (non-hydrogen) atoms. The lowest BCUT2D eigenvalue weighted by atomic mass is 10.1. The molecule has 10 heteroatoms. The number of amides is 1. The molecule has 1 aliphatic rings. The summed E-state index contributed by atoms with van der Waals surface area (Å²) in [7, 11) is 1.45. The van der Waals surface area contributed by atoms with E-state index in [9.17, 15) is 18.0 Å². The monoisotopic (exact) mass is 449 g/mol. The number of carbonyl (C=O) groups excluding carboxylic acids is 1. The summed E-state index contributed by atoms with van der Waals surface area (Å²) in [6.45, 7) is 5.17. The van der Waals surface area contributed by atoms with Crippen molar-refractivity contribution < 1.29 is 18.0 Å². The van der Waals surface area contributed by atoms with Crippen molar-refractivity contribution in [3.05, 3.63) is 52.2 Å². The van der Waals surface area contributed by atoms with Gasteiger partial charge in [0.2, 0.25) is 0 Å². The zero-order valence-electron chi connectivity index (χ0n) is 17.2. The van der Waals surface area contributed by atoms with Crippen LogP contribution >= 0.6 is 11.3 Å². The lowest BCUT2D eigenvalue weighted by Crippen LogP contribution is -2.46. The number of halogens is 3. The maximum absolute atomic E-state index is 13.7. The predicted molar refractivity (Wildman–Crippen MR) is 114 cm³/mol. The maximum Gasteiger partial charge on any atom is 0.417 e. The molecule has 3 aromatic heterocycles. The molecule has 164 valence electrons. The van der Waals surface area contributed by atoms with Crippen molar-refractivity contribution in [3.63, 3.8) is 0 Å². The molecule has 1 amide bonds. The smallest absolute Gasteiger partial charge is 0.355 e. The summed E-state index contributed by atoms with van der Waals surface area (Å²) in [6, 6.07) is 5.01. The number of aryl methyl sites for hydroxylation is 1. The van der Waals surface area contributed by atoms with Crippen LogP contribution in [0.2, 0.25) is 0 Å². The van der Waals surface area contributed by atoms with E-state index in [1.165, 1.54) is 12.4 Å². The number of rotatable bonds is 4. The third-order valence-corrected chi connectivity index (χ3v) is 6.48. The molecule has 0 radical (unpaired) electrons. The minimum absolute atomic E-state index is 0.0147. The second-order valence-electron chi connectivity index (χ2n) is 7.46. The number of alkyl halides is 3. The number of fused-ring (bicyclic) bond motifs is 1. The van der Waals surface area contributed by atoms with Crippen molar-refractivity contribution in [3.8, 4) is 0 Å². The Morgan fingerprint density at radius 1 is 1.26 bits per heavy atom. The highest BCUT2D eigenvalue weighted by molar-refractivity contribution is 7.17. The zero-order chi connectivity index (χ0) is 22.2. The molecule has 4 rings (SSSR count). The average Bonchev–Trinajstić information content (AvgIpc) is 3.18.